The summed E-state index contributed by atoms with van der Waals surface area (Å²) in [6, 6.07) is 0.802. The predicted octanol–water partition coefficient (Wildman–Crippen LogP) is 1.51. The number of carbonyl (C=O) groups excluding carboxylic acids is 1. The Bertz CT molecular complexity index is 663. The van der Waals surface area contributed by atoms with Crippen LogP contribution in [0, 0.1) is 11.6 Å². The van der Waals surface area contributed by atoms with Gasteiger partial charge in [-0.25, -0.2) is 17.2 Å². The monoisotopic (exact) mass is 339 g/mol. The second-order valence-corrected chi connectivity index (χ2v) is 6.50. The smallest absolute Gasteiger partial charge is 0.262 e. The van der Waals surface area contributed by atoms with Crippen molar-refractivity contribution in [2.24, 2.45) is 0 Å². The summed E-state index contributed by atoms with van der Waals surface area (Å²) < 4.78 is 49.3. The number of amides is 1. The zero-order valence-corrected chi connectivity index (χ0v) is 12.3. The minimum absolute atomic E-state index is 0.0137. The third kappa shape index (κ3) is 4.23. The van der Waals surface area contributed by atoms with E-state index >= 15 is 0 Å². The number of hydrogen-bond donors (Lipinski definition) is 1. The molecule has 0 fully saturated rings. The highest BCUT2D eigenvalue weighted by atomic mass is 35.7. The molecule has 21 heavy (non-hydrogen) atoms. The van der Waals surface area contributed by atoms with Crippen molar-refractivity contribution in [3.05, 3.63) is 42.0 Å². The Kier molecular flexibility index (Phi) is 5.82. The molecule has 0 spiro atoms. The molecule has 1 aromatic rings. The van der Waals surface area contributed by atoms with E-state index in [1.165, 1.54) is 6.08 Å². The highest BCUT2D eigenvalue weighted by Crippen LogP contribution is 2.24. The number of carbonyl (C=O) groups is 1. The second-order valence-electron chi connectivity index (χ2n) is 3.96. The number of hydrogen-bond acceptors (Lipinski definition) is 4. The first-order valence-corrected chi connectivity index (χ1v) is 7.98. The van der Waals surface area contributed by atoms with Gasteiger partial charge in [0.05, 0.1) is 17.1 Å². The van der Waals surface area contributed by atoms with E-state index in [9.17, 15) is 22.0 Å². The van der Waals surface area contributed by atoms with Crippen molar-refractivity contribution >= 4 is 25.6 Å². The Hall–Kier alpha value is -1.51. The van der Waals surface area contributed by atoms with Crippen molar-refractivity contribution < 1.29 is 27.1 Å². The lowest BCUT2D eigenvalue weighted by Crippen LogP contribution is -2.34. The van der Waals surface area contributed by atoms with E-state index in [4.69, 9.17) is 15.8 Å². The average molecular weight is 340 g/mol. The molecule has 0 unspecified atom stereocenters. The van der Waals surface area contributed by atoms with E-state index in [-0.39, 0.29) is 13.1 Å². The molecule has 1 aromatic carbocycles. The SMILES string of the molecule is C=CCN(CCO)C(=O)c1cc(F)c(F)cc1S(=O)(=O)Cl. The second kappa shape index (κ2) is 6.97. The van der Waals surface area contributed by atoms with E-state index in [1.54, 1.807) is 0 Å². The van der Waals surface area contributed by atoms with E-state index in [2.05, 4.69) is 6.58 Å². The van der Waals surface area contributed by atoms with Crippen molar-refractivity contribution in [1.82, 2.24) is 4.90 Å². The molecule has 0 aliphatic rings. The van der Waals surface area contributed by atoms with Gasteiger partial charge in [-0.1, -0.05) is 6.08 Å². The van der Waals surface area contributed by atoms with Crippen LogP contribution >= 0.6 is 10.7 Å². The maximum Gasteiger partial charge on any atom is 0.262 e. The van der Waals surface area contributed by atoms with Gasteiger partial charge in [0.25, 0.3) is 15.0 Å². The molecule has 5 nitrogen and oxygen atoms in total. The van der Waals surface area contributed by atoms with Crippen LogP contribution in [-0.2, 0) is 9.05 Å². The average Bonchev–Trinajstić information content (AvgIpc) is 2.39. The first kappa shape index (κ1) is 17.5. The quantitative estimate of drug-likeness (QED) is 0.630. The third-order valence-corrected chi connectivity index (χ3v) is 3.88. The van der Waals surface area contributed by atoms with E-state index in [0.717, 1.165) is 4.90 Å². The van der Waals surface area contributed by atoms with E-state index < -0.39 is 43.7 Å². The van der Waals surface area contributed by atoms with Crippen molar-refractivity contribution in [3.8, 4) is 0 Å². The van der Waals surface area contributed by atoms with Crippen molar-refractivity contribution in [2.45, 2.75) is 4.90 Å². The normalized spacial score (nSPS) is 11.2. The standard InChI is InChI=1S/C12H12ClF2NO4S/c1-2-3-16(4-5-17)12(18)8-6-9(14)10(15)7-11(8)21(13,19)20/h2,6-7,17H,1,3-5H2. The number of aliphatic hydroxyl groups is 1. The topological polar surface area (TPSA) is 74.7 Å². The van der Waals surface area contributed by atoms with Crippen LogP contribution in [0.15, 0.2) is 29.7 Å². The van der Waals surface area contributed by atoms with Gasteiger partial charge in [0.1, 0.15) is 0 Å². The summed E-state index contributed by atoms with van der Waals surface area (Å²) in [7, 11) is 0.682. The van der Waals surface area contributed by atoms with Gasteiger partial charge in [-0.2, -0.15) is 0 Å². The number of halogens is 3. The minimum atomic E-state index is -4.45. The molecule has 1 amide bonds. The van der Waals surface area contributed by atoms with Gasteiger partial charge in [0.2, 0.25) is 0 Å². The largest absolute Gasteiger partial charge is 0.395 e. The molecular formula is C12H12ClF2NO4S. The number of benzene rings is 1. The van der Waals surface area contributed by atoms with Gasteiger partial charge in [-0.05, 0) is 12.1 Å². The summed E-state index contributed by atoms with van der Waals surface area (Å²) >= 11 is 0. The van der Waals surface area contributed by atoms with Crippen LogP contribution in [0.2, 0.25) is 0 Å². The Morgan fingerprint density at radius 3 is 2.43 bits per heavy atom. The molecule has 116 valence electrons. The maximum absolute atomic E-state index is 13.3. The zero-order valence-electron chi connectivity index (χ0n) is 10.7. The number of aliphatic hydroxyl groups excluding tert-OH is 1. The first-order valence-electron chi connectivity index (χ1n) is 5.67. The summed E-state index contributed by atoms with van der Waals surface area (Å²) in [5.41, 5.74) is -0.612. The van der Waals surface area contributed by atoms with Crippen LogP contribution in [0.4, 0.5) is 8.78 Å². The fourth-order valence-electron chi connectivity index (χ4n) is 1.62. The van der Waals surface area contributed by atoms with Gasteiger partial charge in [0.15, 0.2) is 11.6 Å². The molecule has 0 saturated heterocycles. The molecule has 9 heteroatoms. The molecule has 0 radical (unpaired) electrons. The molecule has 0 saturated carbocycles. The molecule has 1 N–H and O–H groups in total. The molecule has 0 aliphatic heterocycles. The molecule has 0 aromatic heterocycles. The van der Waals surface area contributed by atoms with Crippen LogP contribution in [0.1, 0.15) is 10.4 Å². The summed E-state index contributed by atoms with van der Waals surface area (Å²) in [6.45, 7) is 2.86. The van der Waals surface area contributed by atoms with E-state index in [1.807, 2.05) is 0 Å². The Morgan fingerprint density at radius 1 is 1.38 bits per heavy atom. The fraction of sp³-hybridized carbons (Fsp3) is 0.250. The summed E-state index contributed by atoms with van der Waals surface area (Å²) in [5, 5.41) is 8.88. The van der Waals surface area contributed by atoms with Crippen LogP contribution in [0.3, 0.4) is 0 Å². The Morgan fingerprint density at radius 2 is 1.95 bits per heavy atom. The summed E-state index contributed by atoms with van der Waals surface area (Å²) in [5.74, 6) is -3.74. The zero-order chi connectivity index (χ0) is 16.2. The van der Waals surface area contributed by atoms with Crippen LogP contribution in [-0.4, -0.2) is 44.0 Å². The summed E-state index contributed by atoms with van der Waals surface area (Å²) in [6.07, 6.45) is 1.34. The predicted molar refractivity (Wildman–Crippen MR) is 72.6 cm³/mol. The molecular weight excluding hydrogens is 328 g/mol. The summed E-state index contributed by atoms with van der Waals surface area (Å²) in [4.78, 5) is 12.4. The highest BCUT2D eigenvalue weighted by Gasteiger charge is 2.26. The van der Waals surface area contributed by atoms with Crippen LogP contribution in [0.25, 0.3) is 0 Å². The number of nitrogens with zero attached hydrogens (tertiary/aromatic N) is 1. The van der Waals surface area contributed by atoms with Gasteiger partial charge >= 0.3 is 0 Å². The lowest BCUT2D eigenvalue weighted by Gasteiger charge is -2.21. The van der Waals surface area contributed by atoms with Gasteiger partial charge in [-0.3, -0.25) is 4.79 Å². The van der Waals surface area contributed by atoms with Gasteiger partial charge < -0.3 is 10.0 Å². The van der Waals surface area contributed by atoms with Crippen molar-refractivity contribution in [3.63, 3.8) is 0 Å². The lowest BCUT2D eigenvalue weighted by atomic mass is 10.2. The molecule has 0 aliphatic carbocycles. The van der Waals surface area contributed by atoms with Crippen molar-refractivity contribution in [1.29, 1.82) is 0 Å². The fourth-order valence-corrected chi connectivity index (χ4v) is 2.66. The van der Waals surface area contributed by atoms with Crippen LogP contribution in [0.5, 0.6) is 0 Å². The molecule has 1 rings (SSSR count). The Labute approximate surface area is 124 Å². The van der Waals surface area contributed by atoms with Crippen molar-refractivity contribution in [2.75, 3.05) is 19.7 Å². The minimum Gasteiger partial charge on any atom is -0.395 e. The third-order valence-electron chi connectivity index (χ3n) is 2.52. The van der Waals surface area contributed by atoms with E-state index in [0.29, 0.717) is 12.1 Å². The van der Waals surface area contributed by atoms with Crippen LogP contribution < -0.4 is 0 Å². The Balaban J connectivity index is 3.43. The number of rotatable bonds is 6. The molecule has 0 atom stereocenters. The van der Waals surface area contributed by atoms with Gasteiger partial charge in [0, 0.05) is 23.8 Å². The first-order chi connectivity index (χ1) is 9.72. The van der Waals surface area contributed by atoms with Gasteiger partial charge in [-0.15, -0.1) is 6.58 Å². The molecule has 0 heterocycles. The maximum atomic E-state index is 13.3. The lowest BCUT2D eigenvalue weighted by molar-refractivity contribution is 0.0738. The highest BCUT2D eigenvalue weighted by molar-refractivity contribution is 8.13. The molecule has 0 bridgehead atoms.